The van der Waals surface area contributed by atoms with Crippen LogP contribution >= 0.6 is 34.7 Å². The summed E-state index contributed by atoms with van der Waals surface area (Å²) in [6.07, 6.45) is 0. The molecule has 164 valence electrons. The number of fused-ring (bicyclic) bond motifs is 1. The molecule has 0 unspecified atom stereocenters. The van der Waals surface area contributed by atoms with Gasteiger partial charge in [-0.2, -0.15) is 0 Å². The Morgan fingerprint density at radius 2 is 2.06 bits per heavy atom. The number of benzene rings is 2. The molecule has 4 aromatic rings. The van der Waals surface area contributed by atoms with Crippen molar-refractivity contribution in [3.05, 3.63) is 68.4 Å². The van der Waals surface area contributed by atoms with Crippen LogP contribution in [0.2, 0.25) is 5.02 Å². The molecule has 0 radical (unpaired) electrons. The molecule has 4 rings (SSSR count). The van der Waals surface area contributed by atoms with Gasteiger partial charge in [-0.3, -0.25) is 14.2 Å². The third-order valence-corrected chi connectivity index (χ3v) is 6.57. The standard InChI is InChI=1S/C22H19ClN4O3S2/c1-12-4-7-19(30-3)18(8-12)27-20(29)16-6-5-14(23)9-17(16)26-22(27)32-11-15-10-31-21(25-15)24-13(2)28/h4-10H,11H2,1-3H3,(H,24,25,28). The molecule has 10 heteroatoms. The van der Waals surface area contributed by atoms with Crippen LogP contribution in [0.3, 0.4) is 0 Å². The van der Waals surface area contributed by atoms with E-state index in [0.717, 1.165) is 11.3 Å². The van der Waals surface area contributed by atoms with E-state index in [4.69, 9.17) is 21.3 Å². The number of carbonyl (C=O) groups excluding carboxylic acids is 1. The Morgan fingerprint density at radius 1 is 1.25 bits per heavy atom. The molecule has 0 aliphatic rings. The third kappa shape index (κ3) is 4.64. The number of hydrogen-bond acceptors (Lipinski definition) is 7. The number of aromatic nitrogens is 3. The van der Waals surface area contributed by atoms with Crippen LogP contribution in [0.1, 0.15) is 18.2 Å². The summed E-state index contributed by atoms with van der Waals surface area (Å²) in [6, 6.07) is 10.7. The van der Waals surface area contributed by atoms with E-state index in [1.165, 1.54) is 30.0 Å². The Labute approximate surface area is 197 Å². The smallest absolute Gasteiger partial charge is 0.266 e. The number of carbonyl (C=O) groups is 1. The van der Waals surface area contributed by atoms with Gasteiger partial charge in [0, 0.05) is 23.1 Å². The lowest BCUT2D eigenvalue weighted by Crippen LogP contribution is -2.22. The number of aryl methyl sites for hydroxylation is 1. The van der Waals surface area contributed by atoms with Crippen LogP contribution in [0, 0.1) is 6.92 Å². The molecule has 0 saturated carbocycles. The summed E-state index contributed by atoms with van der Waals surface area (Å²) in [5, 5.41) is 6.53. The predicted octanol–water partition coefficient (Wildman–Crippen LogP) is 5.06. The lowest BCUT2D eigenvalue weighted by Gasteiger charge is -2.16. The first-order valence-electron chi connectivity index (χ1n) is 9.58. The molecule has 2 heterocycles. The summed E-state index contributed by atoms with van der Waals surface area (Å²) in [5.41, 5.74) is 2.67. The highest BCUT2D eigenvalue weighted by molar-refractivity contribution is 7.98. The Bertz CT molecular complexity index is 1380. The van der Waals surface area contributed by atoms with Gasteiger partial charge in [0.1, 0.15) is 5.75 Å². The minimum absolute atomic E-state index is 0.174. The topological polar surface area (TPSA) is 86.1 Å². The number of methoxy groups -OCH3 is 1. The maximum atomic E-state index is 13.5. The second kappa shape index (κ2) is 9.32. The van der Waals surface area contributed by atoms with Crippen molar-refractivity contribution in [3.8, 4) is 11.4 Å². The normalized spacial score (nSPS) is 11.0. The van der Waals surface area contributed by atoms with Crippen molar-refractivity contribution in [2.75, 3.05) is 12.4 Å². The first kappa shape index (κ1) is 22.3. The van der Waals surface area contributed by atoms with Crippen LogP contribution in [0.25, 0.3) is 16.6 Å². The summed E-state index contributed by atoms with van der Waals surface area (Å²) < 4.78 is 7.09. The van der Waals surface area contributed by atoms with Crippen molar-refractivity contribution in [2.24, 2.45) is 0 Å². The second-order valence-corrected chi connectivity index (χ2v) is 9.22. The zero-order chi connectivity index (χ0) is 22.8. The molecule has 1 N–H and O–H groups in total. The van der Waals surface area contributed by atoms with Crippen molar-refractivity contribution < 1.29 is 9.53 Å². The van der Waals surface area contributed by atoms with E-state index >= 15 is 0 Å². The third-order valence-electron chi connectivity index (χ3n) is 4.56. The number of halogens is 1. The lowest BCUT2D eigenvalue weighted by molar-refractivity contribution is -0.114. The molecule has 2 aromatic carbocycles. The highest BCUT2D eigenvalue weighted by atomic mass is 35.5. The zero-order valence-electron chi connectivity index (χ0n) is 17.5. The molecular weight excluding hydrogens is 468 g/mol. The molecule has 0 fully saturated rings. The quantitative estimate of drug-likeness (QED) is 0.302. The molecule has 2 aromatic heterocycles. The Kier molecular flexibility index (Phi) is 6.50. The van der Waals surface area contributed by atoms with E-state index in [2.05, 4.69) is 10.3 Å². The Hall–Kier alpha value is -2.88. The number of nitrogens with zero attached hydrogens (tertiary/aromatic N) is 3. The van der Waals surface area contributed by atoms with Crippen LogP contribution in [-0.4, -0.2) is 27.6 Å². The Morgan fingerprint density at radius 3 is 2.81 bits per heavy atom. The summed E-state index contributed by atoms with van der Waals surface area (Å²) in [7, 11) is 1.57. The van der Waals surface area contributed by atoms with Gasteiger partial charge in [0.15, 0.2) is 10.3 Å². The predicted molar refractivity (Wildman–Crippen MR) is 130 cm³/mol. The largest absolute Gasteiger partial charge is 0.495 e. The molecule has 0 aliphatic carbocycles. The first-order valence-corrected chi connectivity index (χ1v) is 11.8. The number of nitrogens with one attached hydrogen (secondary N) is 1. The maximum Gasteiger partial charge on any atom is 0.266 e. The molecular formula is C22H19ClN4O3S2. The number of thiazole rings is 1. The number of ether oxygens (including phenoxy) is 1. The van der Waals surface area contributed by atoms with Crippen LogP contribution < -0.4 is 15.6 Å². The highest BCUT2D eigenvalue weighted by Crippen LogP contribution is 2.30. The zero-order valence-corrected chi connectivity index (χ0v) is 19.9. The van der Waals surface area contributed by atoms with Crippen LogP contribution in [0.15, 0.2) is 51.7 Å². The molecule has 0 aliphatic heterocycles. The monoisotopic (exact) mass is 486 g/mol. The van der Waals surface area contributed by atoms with Gasteiger partial charge in [-0.25, -0.2) is 9.97 Å². The van der Waals surface area contributed by atoms with E-state index in [0.29, 0.717) is 43.4 Å². The van der Waals surface area contributed by atoms with E-state index < -0.39 is 0 Å². The fourth-order valence-corrected chi connectivity index (χ4v) is 5.07. The van der Waals surface area contributed by atoms with Crippen molar-refractivity contribution in [2.45, 2.75) is 24.8 Å². The molecule has 32 heavy (non-hydrogen) atoms. The number of rotatable bonds is 6. The average Bonchev–Trinajstić information content (AvgIpc) is 3.18. The molecule has 1 amide bonds. The summed E-state index contributed by atoms with van der Waals surface area (Å²) >= 11 is 8.87. The SMILES string of the molecule is COc1ccc(C)cc1-n1c(SCc2csc(NC(C)=O)n2)nc2cc(Cl)ccc2c1=O. The summed E-state index contributed by atoms with van der Waals surface area (Å²) in [6.45, 7) is 3.39. The maximum absolute atomic E-state index is 13.5. The van der Waals surface area contributed by atoms with Crippen LogP contribution in [0.4, 0.5) is 5.13 Å². The Balaban J connectivity index is 1.82. The molecule has 0 spiro atoms. The van der Waals surface area contributed by atoms with Crippen molar-refractivity contribution in [3.63, 3.8) is 0 Å². The van der Waals surface area contributed by atoms with Gasteiger partial charge < -0.3 is 10.1 Å². The van der Waals surface area contributed by atoms with Gasteiger partial charge >= 0.3 is 0 Å². The van der Waals surface area contributed by atoms with Crippen molar-refractivity contribution in [1.29, 1.82) is 0 Å². The van der Waals surface area contributed by atoms with Gasteiger partial charge in [-0.1, -0.05) is 29.4 Å². The number of anilines is 1. The summed E-state index contributed by atoms with van der Waals surface area (Å²) in [4.78, 5) is 33.9. The number of amides is 1. The van der Waals surface area contributed by atoms with Gasteiger partial charge in [0.05, 0.1) is 29.4 Å². The van der Waals surface area contributed by atoms with E-state index in [1.54, 1.807) is 29.9 Å². The first-order chi connectivity index (χ1) is 15.4. The molecule has 0 bridgehead atoms. The van der Waals surface area contributed by atoms with E-state index in [1.807, 2.05) is 30.5 Å². The van der Waals surface area contributed by atoms with Crippen LogP contribution in [-0.2, 0) is 10.5 Å². The van der Waals surface area contributed by atoms with Gasteiger partial charge in [-0.05, 0) is 42.8 Å². The molecule has 0 saturated heterocycles. The fourth-order valence-electron chi connectivity index (χ4n) is 3.14. The van der Waals surface area contributed by atoms with Gasteiger partial charge in [0.25, 0.3) is 5.56 Å². The van der Waals surface area contributed by atoms with Crippen LogP contribution in [0.5, 0.6) is 5.75 Å². The van der Waals surface area contributed by atoms with Crippen molar-refractivity contribution >= 4 is 56.6 Å². The molecule has 0 atom stereocenters. The lowest BCUT2D eigenvalue weighted by atomic mass is 10.2. The van der Waals surface area contributed by atoms with E-state index in [9.17, 15) is 9.59 Å². The average molecular weight is 487 g/mol. The summed E-state index contributed by atoms with van der Waals surface area (Å²) in [5.74, 6) is 0.853. The van der Waals surface area contributed by atoms with Crippen molar-refractivity contribution in [1.82, 2.24) is 14.5 Å². The number of hydrogen-bond donors (Lipinski definition) is 1. The van der Waals surface area contributed by atoms with E-state index in [-0.39, 0.29) is 11.5 Å². The minimum atomic E-state index is -0.213. The van der Waals surface area contributed by atoms with Gasteiger partial charge in [0.2, 0.25) is 5.91 Å². The second-order valence-electron chi connectivity index (χ2n) is 6.99. The van der Waals surface area contributed by atoms with Gasteiger partial charge in [-0.15, -0.1) is 11.3 Å². The molecule has 7 nitrogen and oxygen atoms in total. The highest BCUT2D eigenvalue weighted by Gasteiger charge is 2.18. The minimum Gasteiger partial charge on any atom is -0.495 e. The number of thioether (sulfide) groups is 1. The fraction of sp³-hybridized carbons (Fsp3) is 0.182.